The maximum absolute atomic E-state index is 9.28. The smallest absolute Gasteiger partial charge is 0.257 e. The molecule has 1 N–H and O–H groups in total. The molecular formula is C15H18N2O2. The first kappa shape index (κ1) is 12.2. The van der Waals surface area contributed by atoms with E-state index in [0.717, 1.165) is 24.2 Å². The third-order valence-electron chi connectivity index (χ3n) is 3.78. The molecule has 0 bridgehead atoms. The molecule has 1 aliphatic carbocycles. The van der Waals surface area contributed by atoms with Crippen molar-refractivity contribution in [2.75, 3.05) is 0 Å². The average molecular weight is 258 g/mol. The molecule has 2 aromatic rings. The second-order valence-electron chi connectivity index (χ2n) is 5.19. The fraction of sp³-hybridized carbons (Fsp3) is 0.467. The molecule has 1 saturated carbocycles. The van der Waals surface area contributed by atoms with Crippen LogP contribution in [-0.4, -0.2) is 15.2 Å². The predicted octanol–water partition coefficient (Wildman–Crippen LogP) is 3.88. The first-order valence-electron chi connectivity index (χ1n) is 6.96. The topological polar surface area (TPSA) is 59.2 Å². The SMILES string of the molecule is Oc1ccc(-c2nc(C3CCCCCC3)no2)cc1. The fourth-order valence-corrected chi connectivity index (χ4v) is 2.66. The number of aromatic hydroxyl groups is 1. The largest absolute Gasteiger partial charge is 0.508 e. The fourth-order valence-electron chi connectivity index (χ4n) is 2.66. The molecule has 3 rings (SSSR count). The Morgan fingerprint density at radius 2 is 1.68 bits per heavy atom. The maximum Gasteiger partial charge on any atom is 0.257 e. The minimum Gasteiger partial charge on any atom is -0.508 e. The van der Waals surface area contributed by atoms with Crippen molar-refractivity contribution in [3.8, 4) is 17.2 Å². The number of phenolic OH excluding ortho intramolecular Hbond substituents is 1. The predicted molar refractivity (Wildman–Crippen MR) is 71.8 cm³/mol. The Bertz CT molecular complexity index is 525. The molecule has 0 saturated heterocycles. The van der Waals surface area contributed by atoms with Crippen LogP contribution in [0.3, 0.4) is 0 Å². The van der Waals surface area contributed by atoms with E-state index >= 15 is 0 Å². The number of phenols is 1. The van der Waals surface area contributed by atoms with Gasteiger partial charge in [-0.05, 0) is 37.1 Å². The Hall–Kier alpha value is -1.84. The van der Waals surface area contributed by atoms with Gasteiger partial charge in [0.15, 0.2) is 5.82 Å². The van der Waals surface area contributed by atoms with Crippen LogP contribution in [0.25, 0.3) is 11.5 Å². The van der Waals surface area contributed by atoms with Crippen molar-refractivity contribution in [3.05, 3.63) is 30.1 Å². The standard InChI is InChI=1S/C15H18N2O2/c18-13-9-7-12(8-10-13)15-16-14(17-19-15)11-5-3-1-2-4-6-11/h7-11,18H,1-6H2. The number of hydrogen-bond acceptors (Lipinski definition) is 4. The molecule has 0 amide bonds. The Morgan fingerprint density at radius 3 is 2.37 bits per heavy atom. The summed E-state index contributed by atoms with van der Waals surface area (Å²) in [5.74, 6) is 2.06. The summed E-state index contributed by atoms with van der Waals surface area (Å²) in [6, 6.07) is 6.84. The van der Waals surface area contributed by atoms with Crippen molar-refractivity contribution in [2.45, 2.75) is 44.4 Å². The van der Waals surface area contributed by atoms with Crippen LogP contribution in [0.4, 0.5) is 0 Å². The van der Waals surface area contributed by atoms with Crippen LogP contribution in [0.1, 0.15) is 50.3 Å². The van der Waals surface area contributed by atoms with Crippen LogP contribution in [0.2, 0.25) is 0 Å². The highest BCUT2D eigenvalue weighted by atomic mass is 16.5. The van der Waals surface area contributed by atoms with Crippen LogP contribution >= 0.6 is 0 Å². The van der Waals surface area contributed by atoms with Gasteiger partial charge in [0.05, 0.1) is 0 Å². The zero-order chi connectivity index (χ0) is 13.1. The second kappa shape index (κ2) is 5.43. The third kappa shape index (κ3) is 2.78. The van der Waals surface area contributed by atoms with Gasteiger partial charge in [0.25, 0.3) is 5.89 Å². The summed E-state index contributed by atoms with van der Waals surface area (Å²) in [5, 5.41) is 13.4. The van der Waals surface area contributed by atoms with Gasteiger partial charge in [-0.15, -0.1) is 0 Å². The molecule has 0 aliphatic heterocycles. The highest BCUT2D eigenvalue weighted by Crippen LogP contribution is 2.31. The molecule has 1 aromatic heterocycles. The summed E-state index contributed by atoms with van der Waals surface area (Å²) >= 11 is 0. The Balaban J connectivity index is 1.80. The van der Waals surface area contributed by atoms with E-state index in [4.69, 9.17) is 4.52 Å². The summed E-state index contributed by atoms with van der Waals surface area (Å²) < 4.78 is 5.34. The Labute approximate surface area is 112 Å². The molecule has 0 radical (unpaired) electrons. The Morgan fingerprint density at radius 1 is 1.00 bits per heavy atom. The highest BCUT2D eigenvalue weighted by molar-refractivity contribution is 5.54. The van der Waals surface area contributed by atoms with Crippen molar-refractivity contribution in [3.63, 3.8) is 0 Å². The van der Waals surface area contributed by atoms with Crippen LogP contribution in [0.15, 0.2) is 28.8 Å². The summed E-state index contributed by atoms with van der Waals surface area (Å²) in [6.07, 6.45) is 7.48. The third-order valence-corrected chi connectivity index (χ3v) is 3.78. The van der Waals surface area contributed by atoms with E-state index in [9.17, 15) is 5.11 Å². The molecule has 0 spiro atoms. The first-order valence-corrected chi connectivity index (χ1v) is 6.96. The van der Waals surface area contributed by atoms with Crippen molar-refractivity contribution in [1.29, 1.82) is 0 Å². The quantitative estimate of drug-likeness (QED) is 0.830. The van der Waals surface area contributed by atoms with Gasteiger partial charge < -0.3 is 9.63 Å². The molecule has 1 heterocycles. The highest BCUT2D eigenvalue weighted by Gasteiger charge is 2.20. The molecule has 4 heteroatoms. The lowest BCUT2D eigenvalue weighted by Gasteiger charge is -2.07. The van der Waals surface area contributed by atoms with Gasteiger partial charge in [-0.1, -0.05) is 30.8 Å². The van der Waals surface area contributed by atoms with Gasteiger partial charge in [0, 0.05) is 11.5 Å². The van der Waals surface area contributed by atoms with E-state index in [0.29, 0.717) is 11.8 Å². The minimum absolute atomic E-state index is 0.243. The number of hydrogen-bond donors (Lipinski definition) is 1. The second-order valence-corrected chi connectivity index (χ2v) is 5.19. The van der Waals surface area contributed by atoms with Crippen LogP contribution in [0, 0.1) is 0 Å². The number of aromatic nitrogens is 2. The molecule has 100 valence electrons. The first-order chi connectivity index (χ1) is 9.33. The summed E-state index contributed by atoms with van der Waals surface area (Å²) in [7, 11) is 0. The normalized spacial score (nSPS) is 17.3. The van der Waals surface area contributed by atoms with Crippen LogP contribution in [0.5, 0.6) is 5.75 Å². The molecule has 4 nitrogen and oxygen atoms in total. The van der Waals surface area contributed by atoms with E-state index in [2.05, 4.69) is 10.1 Å². The van der Waals surface area contributed by atoms with Gasteiger partial charge in [0.2, 0.25) is 0 Å². The lowest BCUT2D eigenvalue weighted by Crippen LogP contribution is -1.99. The van der Waals surface area contributed by atoms with E-state index in [-0.39, 0.29) is 5.75 Å². The van der Waals surface area contributed by atoms with Crippen molar-refractivity contribution in [1.82, 2.24) is 10.1 Å². The number of benzene rings is 1. The number of rotatable bonds is 2. The van der Waals surface area contributed by atoms with Crippen molar-refractivity contribution in [2.24, 2.45) is 0 Å². The van der Waals surface area contributed by atoms with Crippen LogP contribution in [-0.2, 0) is 0 Å². The summed E-state index contributed by atoms with van der Waals surface area (Å²) in [4.78, 5) is 4.52. The number of nitrogens with zero attached hydrogens (tertiary/aromatic N) is 2. The van der Waals surface area contributed by atoms with Crippen molar-refractivity contribution >= 4 is 0 Å². The van der Waals surface area contributed by atoms with Gasteiger partial charge in [-0.2, -0.15) is 4.98 Å². The van der Waals surface area contributed by atoms with Gasteiger partial charge >= 0.3 is 0 Å². The Kier molecular flexibility index (Phi) is 3.49. The lowest BCUT2D eigenvalue weighted by molar-refractivity contribution is 0.410. The van der Waals surface area contributed by atoms with Crippen molar-refractivity contribution < 1.29 is 9.63 Å². The van der Waals surface area contributed by atoms with E-state index < -0.39 is 0 Å². The summed E-state index contributed by atoms with van der Waals surface area (Å²) in [5.41, 5.74) is 0.852. The van der Waals surface area contributed by atoms with E-state index in [1.807, 2.05) is 0 Å². The molecular weight excluding hydrogens is 240 g/mol. The summed E-state index contributed by atoms with van der Waals surface area (Å²) in [6.45, 7) is 0. The zero-order valence-corrected chi connectivity index (χ0v) is 10.9. The lowest BCUT2D eigenvalue weighted by atomic mass is 10.00. The molecule has 19 heavy (non-hydrogen) atoms. The van der Waals surface area contributed by atoms with Crippen LogP contribution < -0.4 is 0 Å². The molecule has 0 unspecified atom stereocenters. The molecule has 0 atom stereocenters. The molecule has 1 aliphatic rings. The minimum atomic E-state index is 0.243. The molecule has 1 fully saturated rings. The average Bonchev–Trinajstić information content (AvgIpc) is 2.76. The molecule has 1 aromatic carbocycles. The zero-order valence-electron chi connectivity index (χ0n) is 10.9. The van der Waals surface area contributed by atoms with Gasteiger partial charge in [-0.25, -0.2) is 0 Å². The van der Waals surface area contributed by atoms with E-state index in [1.165, 1.54) is 25.7 Å². The maximum atomic E-state index is 9.28. The monoisotopic (exact) mass is 258 g/mol. The van der Waals surface area contributed by atoms with Gasteiger partial charge in [0.1, 0.15) is 5.75 Å². The van der Waals surface area contributed by atoms with E-state index in [1.54, 1.807) is 24.3 Å². The van der Waals surface area contributed by atoms with Gasteiger partial charge in [-0.3, -0.25) is 0 Å².